The Bertz CT molecular complexity index is 682. The number of benzene rings is 1. The van der Waals surface area contributed by atoms with Crippen LogP contribution in [0.5, 0.6) is 0 Å². The Hall–Kier alpha value is -2.14. The van der Waals surface area contributed by atoms with Crippen LogP contribution in [-0.4, -0.2) is 16.3 Å². The summed E-state index contributed by atoms with van der Waals surface area (Å²) in [5, 5.41) is 7.16. The normalized spacial score (nSPS) is 10.4. The second-order valence-corrected chi connectivity index (χ2v) is 4.83. The third kappa shape index (κ3) is 3.92. The summed E-state index contributed by atoms with van der Waals surface area (Å²) in [6, 6.07) is 6.28. The van der Waals surface area contributed by atoms with Crippen molar-refractivity contribution in [2.24, 2.45) is 0 Å². The molecule has 0 amide bonds. The zero-order chi connectivity index (χ0) is 15.2. The van der Waals surface area contributed by atoms with Crippen LogP contribution in [0.15, 0.2) is 47.9 Å². The van der Waals surface area contributed by atoms with Gasteiger partial charge < -0.3 is 5.32 Å². The van der Waals surface area contributed by atoms with Crippen LogP contribution >= 0.6 is 11.6 Å². The highest BCUT2D eigenvalue weighted by Crippen LogP contribution is 2.15. The largest absolute Gasteiger partial charge is 0.382 e. The lowest BCUT2D eigenvalue weighted by molar-refractivity contribution is 0.627. The van der Waals surface area contributed by atoms with Crippen LogP contribution in [0.1, 0.15) is 5.56 Å². The highest BCUT2D eigenvalue weighted by molar-refractivity contribution is 6.32. The fourth-order valence-electron chi connectivity index (χ4n) is 1.83. The van der Waals surface area contributed by atoms with Gasteiger partial charge in [-0.3, -0.25) is 4.79 Å². The number of hydrogen-bond acceptors (Lipinski definition) is 3. The molecule has 4 nitrogen and oxygen atoms in total. The maximum absolute atomic E-state index is 12.8. The van der Waals surface area contributed by atoms with Crippen molar-refractivity contribution in [2.75, 3.05) is 11.9 Å². The van der Waals surface area contributed by atoms with E-state index >= 15 is 0 Å². The van der Waals surface area contributed by atoms with Gasteiger partial charge in [0.1, 0.15) is 10.8 Å². The Labute approximate surface area is 126 Å². The molecular weight excluding hydrogens is 293 g/mol. The van der Waals surface area contributed by atoms with Crippen molar-refractivity contribution in [3.8, 4) is 0 Å². The molecule has 0 atom stereocenters. The van der Waals surface area contributed by atoms with Gasteiger partial charge in [0.05, 0.1) is 18.4 Å². The summed E-state index contributed by atoms with van der Waals surface area (Å²) in [4.78, 5) is 11.9. The minimum atomic E-state index is -0.358. The molecule has 0 saturated carbocycles. The molecule has 0 saturated heterocycles. The van der Waals surface area contributed by atoms with E-state index in [0.29, 0.717) is 25.2 Å². The first-order valence-corrected chi connectivity index (χ1v) is 6.84. The van der Waals surface area contributed by atoms with E-state index in [2.05, 4.69) is 17.0 Å². The lowest BCUT2D eigenvalue weighted by Gasteiger charge is -2.09. The minimum absolute atomic E-state index is 0.103. The molecule has 0 spiro atoms. The minimum Gasteiger partial charge on any atom is -0.382 e. The Morgan fingerprint density at radius 1 is 1.38 bits per heavy atom. The monoisotopic (exact) mass is 307 g/mol. The second kappa shape index (κ2) is 7.04. The van der Waals surface area contributed by atoms with Crippen molar-refractivity contribution in [3.05, 3.63) is 69.9 Å². The van der Waals surface area contributed by atoms with E-state index in [0.717, 1.165) is 5.56 Å². The average Bonchev–Trinajstić information content (AvgIpc) is 2.48. The first kappa shape index (κ1) is 15.3. The van der Waals surface area contributed by atoms with Gasteiger partial charge >= 0.3 is 0 Å². The summed E-state index contributed by atoms with van der Waals surface area (Å²) in [5.41, 5.74) is 1.13. The van der Waals surface area contributed by atoms with E-state index in [9.17, 15) is 9.18 Å². The predicted molar refractivity (Wildman–Crippen MR) is 82.3 cm³/mol. The second-order valence-electron chi connectivity index (χ2n) is 4.45. The molecule has 1 heterocycles. The standard InChI is InChI=1S/C15H15ClFN3O/c1-2-9-20-15(21)14(16)13(10-19-20)18-8-7-11-3-5-12(17)6-4-11/h2-6,10,18H,1,7-9H2. The molecule has 0 unspecified atom stereocenters. The molecule has 0 radical (unpaired) electrons. The van der Waals surface area contributed by atoms with E-state index in [-0.39, 0.29) is 16.4 Å². The fourth-order valence-corrected chi connectivity index (χ4v) is 2.05. The SMILES string of the molecule is C=CCn1ncc(NCCc2ccc(F)cc2)c(Cl)c1=O. The number of allylic oxidation sites excluding steroid dienone is 1. The maximum Gasteiger partial charge on any atom is 0.287 e. The molecule has 21 heavy (non-hydrogen) atoms. The third-order valence-electron chi connectivity index (χ3n) is 2.93. The van der Waals surface area contributed by atoms with Crippen molar-refractivity contribution in [2.45, 2.75) is 13.0 Å². The Kier molecular flexibility index (Phi) is 5.11. The molecule has 6 heteroatoms. The lowest BCUT2D eigenvalue weighted by atomic mass is 10.1. The van der Waals surface area contributed by atoms with Crippen LogP contribution in [0.4, 0.5) is 10.1 Å². The third-order valence-corrected chi connectivity index (χ3v) is 3.29. The molecule has 0 fully saturated rings. The summed E-state index contributed by atoms with van der Waals surface area (Å²) < 4.78 is 14.0. The summed E-state index contributed by atoms with van der Waals surface area (Å²) >= 11 is 6.02. The molecule has 2 rings (SSSR count). The molecule has 0 bridgehead atoms. The van der Waals surface area contributed by atoms with Gasteiger partial charge in [0, 0.05) is 6.54 Å². The van der Waals surface area contributed by atoms with Crippen molar-refractivity contribution in [3.63, 3.8) is 0 Å². The molecule has 1 N–H and O–H groups in total. The van der Waals surface area contributed by atoms with Crippen molar-refractivity contribution < 1.29 is 4.39 Å². The molecule has 0 aliphatic carbocycles. The maximum atomic E-state index is 12.8. The van der Waals surface area contributed by atoms with Crippen molar-refractivity contribution in [1.29, 1.82) is 0 Å². The van der Waals surface area contributed by atoms with Crippen LogP contribution < -0.4 is 10.9 Å². The van der Waals surface area contributed by atoms with E-state index in [1.54, 1.807) is 18.2 Å². The van der Waals surface area contributed by atoms with Crippen LogP contribution in [-0.2, 0) is 13.0 Å². The molecule has 1 aromatic carbocycles. The van der Waals surface area contributed by atoms with Crippen LogP contribution in [0.25, 0.3) is 0 Å². The topological polar surface area (TPSA) is 46.9 Å². The van der Waals surface area contributed by atoms with Crippen LogP contribution in [0.3, 0.4) is 0 Å². The molecule has 1 aromatic heterocycles. The van der Waals surface area contributed by atoms with E-state index < -0.39 is 0 Å². The number of hydrogen-bond donors (Lipinski definition) is 1. The molecule has 0 aliphatic rings. The summed E-state index contributed by atoms with van der Waals surface area (Å²) in [7, 11) is 0. The Morgan fingerprint density at radius 2 is 2.10 bits per heavy atom. The van der Waals surface area contributed by atoms with Crippen LogP contribution in [0, 0.1) is 5.82 Å². The number of rotatable bonds is 6. The highest BCUT2D eigenvalue weighted by atomic mass is 35.5. The molecule has 0 aliphatic heterocycles. The van der Waals surface area contributed by atoms with Crippen LogP contribution in [0.2, 0.25) is 5.02 Å². The van der Waals surface area contributed by atoms with Gasteiger partial charge in [0.15, 0.2) is 0 Å². The van der Waals surface area contributed by atoms with E-state index in [1.165, 1.54) is 23.0 Å². The smallest absolute Gasteiger partial charge is 0.287 e. The first-order chi connectivity index (χ1) is 10.1. The fraction of sp³-hybridized carbons (Fsp3) is 0.200. The van der Waals surface area contributed by atoms with Gasteiger partial charge in [0.2, 0.25) is 0 Å². The number of nitrogens with one attached hydrogen (secondary N) is 1. The molecule has 110 valence electrons. The van der Waals surface area contributed by atoms with Crippen molar-refractivity contribution in [1.82, 2.24) is 9.78 Å². The Morgan fingerprint density at radius 3 is 2.76 bits per heavy atom. The van der Waals surface area contributed by atoms with Gasteiger partial charge in [0.25, 0.3) is 5.56 Å². The highest BCUT2D eigenvalue weighted by Gasteiger charge is 2.08. The Balaban J connectivity index is 2.00. The molecular formula is C15H15ClFN3O. The van der Waals surface area contributed by atoms with Gasteiger partial charge in [-0.2, -0.15) is 5.10 Å². The number of halogens is 2. The van der Waals surface area contributed by atoms with Gasteiger partial charge in [-0.1, -0.05) is 29.8 Å². The number of anilines is 1. The summed E-state index contributed by atoms with van der Waals surface area (Å²) in [6.07, 6.45) is 3.77. The quantitative estimate of drug-likeness (QED) is 0.835. The summed E-state index contributed by atoms with van der Waals surface area (Å²) in [5.74, 6) is -0.259. The number of nitrogens with zero attached hydrogens (tertiary/aromatic N) is 2. The predicted octanol–water partition coefficient (Wildman–Crippen LogP) is 2.88. The zero-order valence-electron chi connectivity index (χ0n) is 11.4. The molecule has 2 aromatic rings. The van der Waals surface area contributed by atoms with E-state index in [1.807, 2.05) is 0 Å². The van der Waals surface area contributed by atoms with Crippen molar-refractivity contribution >= 4 is 17.3 Å². The summed E-state index contributed by atoms with van der Waals surface area (Å²) in [6.45, 7) is 4.43. The average molecular weight is 308 g/mol. The van der Waals surface area contributed by atoms with E-state index in [4.69, 9.17) is 11.6 Å². The number of aromatic nitrogens is 2. The van der Waals surface area contributed by atoms with Gasteiger partial charge in [-0.15, -0.1) is 6.58 Å². The first-order valence-electron chi connectivity index (χ1n) is 6.46. The van der Waals surface area contributed by atoms with Gasteiger partial charge in [-0.05, 0) is 24.1 Å². The van der Waals surface area contributed by atoms with Gasteiger partial charge in [-0.25, -0.2) is 9.07 Å². The lowest BCUT2D eigenvalue weighted by Crippen LogP contribution is -2.24. The zero-order valence-corrected chi connectivity index (χ0v) is 12.1.